The molecule has 74 valence electrons. The van der Waals surface area contributed by atoms with Gasteiger partial charge < -0.3 is 8.85 Å². The van der Waals surface area contributed by atoms with Crippen LogP contribution in [0.5, 0.6) is 0 Å². The minimum absolute atomic E-state index is 0.0429. The van der Waals surface area contributed by atoms with E-state index < -0.39 is 0 Å². The lowest BCUT2D eigenvalue weighted by Crippen LogP contribution is -2.28. The molecule has 0 saturated heterocycles. The highest BCUT2D eigenvalue weighted by Gasteiger charge is 2.18. The molecule has 4 heteroatoms. The zero-order chi connectivity index (χ0) is 9.61. The van der Waals surface area contributed by atoms with Crippen LogP contribution in [0.4, 0.5) is 0 Å². The summed E-state index contributed by atoms with van der Waals surface area (Å²) in [6, 6.07) is 1.24. The van der Waals surface area contributed by atoms with Crippen LogP contribution < -0.4 is 0 Å². The van der Waals surface area contributed by atoms with E-state index in [-0.39, 0.29) is 15.4 Å². The van der Waals surface area contributed by atoms with Crippen LogP contribution in [-0.2, 0) is 8.85 Å². The Morgan fingerprint density at radius 3 is 2.42 bits per heavy atom. The van der Waals surface area contributed by atoms with Crippen molar-refractivity contribution in [2.24, 2.45) is 0 Å². The molecule has 0 aliphatic carbocycles. The molecule has 0 unspecified atom stereocenters. The van der Waals surface area contributed by atoms with Gasteiger partial charge in [-0.05, 0) is 40.2 Å². The molecule has 0 aromatic heterocycles. The van der Waals surface area contributed by atoms with E-state index in [0.717, 1.165) is 16.9 Å². The summed E-state index contributed by atoms with van der Waals surface area (Å²) >= 11 is 0. The molecule has 0 aliphatic rings. The lowest BCUT2D eigenvalue weighted by molar-refractivity contribution is -0.0574. The van der Waals surface area contributed by atoms with E-state index in [9.17, 15) is 0 Å². The third kappa shape index (κ3) is 7.03. The van der Waals surface area contributed by atoms with Crippen LogP contribution >= 0.6 is 0 Å². The third-order valence-electron chi connectivity index (χ3n) is 1.68. The predicted molar refractivity (Wildman–Crippen MR) is 59.3 cm³/mol. The maximum absolute atomic E-state index is 5.76. The van der Waals surface area contributed by atoms with Gasteiger partial charge in [0.1, 0.15) is 20.2 Å². The van der Waals surface area contributed by atoms with Crippen LogP contribution in [0.3, 0.4) is 0 Å². The van der Waals surface area contributed by atoms with E-state index in [0.29, 0.717) is 6.10 Å². The largest absolute Gasteiger partial charge is 0.468 e. The second-order valence-electron chi connectivity index (χ2n) is 4.02. The summed E-state index contributed by atoms with van der Waals surface area (Å²) in [4.78, 5) is 0. The van der Waals surface area contributed by atoms with Gasteiger partial charge in [-0.15, -0.1) is 0 Å². The summed E-state index contributed by atoms with van der Waals surface area (Å²) < 4.78 is 11.0. The first-order valence-electron chi connectivity index (χ1n) is 4.65. The molecular weight excluding hydrogens is 184 g/mol. The van der Waals surface area contributed by atoms with E-state index >= 15 is 0 Å². The molecule has 0 spiro atoms. The van der Waals surface area contributed by atoms with Gasteiger partial charge in [-0.25, -0.2) is 0 Å². The molecule has 0 amide bonds. The highest BCUT2D eigenvalue weighted by molar-refractivity contribution is 6.34. The lowest BCUT2D eigenvalue weighted by Gasteiger charge is -2.27. The SMILES string of the molecule is CC(C)OC(C)(C)CC[SiH2]O[SiH3]. The van der Waals surface area contributed by atoms with Crippen LogP contribution in [0.15, 0.2) is 0 Å². The summed E-state index contributed by atoms with van der Waals surface area (Å²) in [5.74, 6) is 0. The molecule has 0 atom stereocenters. The molecule has 0 radical (unpaired) electrons. The first kappa shape index (κ1) is 12.4. The van der Waals surface area contributed by atoms with E-state index in [4.69, 9.17) is 8.85 Å². The van der Waals surface area contributed by atoms with Crippen molar-refractivity contribution in [3.05, 3.63) is 0 Å². The van der Waals surface area contributed by atoms with Gasteiger partial charge >= 0.3 is 0 Å². The fourth-order valence-corrected chi connectivity index (χ4v) is 3.49. The number of rotatable bonds is 6. The average molecular weight is 206 g/mol. The summed E-state index contributed by atoms with van der Waals surface area (Å²) in [5, 5.41) is 0. The number of hydrogen-bond acceptors (Lipinski definition) is 2. The molecule has 0 saturated carbocycles. The maximum atomic E-state index is 5.76. The van der Waals surface area contributed by atoms with E-state index in [1.807, 2.05) is 0 Å². The Morgan fingerprint density at radius 2 is 2.00 bits per heavy atom. The summed E-state index contributed by atoms with van der Waals surface area (Å²) in [6.45, 7) is 8.49. The van der Waals surface area contributed by atoms with Crippen molar-refractivity contribution in [3.8, 4) is 0 Å². The molecule has 0 aromatic rings. The molecule has 0 heterocycles. The molecular formula is C8H22O2Si2. The Kier molecular flexibility index (Phi) is 6.08. The van der Waals surface area contributed by atoms with Crippen molar-refractivity contribution < 1.29 is 8.85 Å². The Hall–Kier alpha value is 0.354. The van der Waals surface area contributed by atoms with Crippen molar-refractivity contribution in [1.29, 1.82) is 0 Å². The minimum Gasteiger partial charge on any atom is -0.468 e. The normalized spacial score (nSPS) is 13.8. The zero-order valence-corrected chi connectivity index (χ0v) is 12.4. The zero-order valence-electron chi connectivity index (χ0n) is 9.02. The maximum Gasteiger partial charge on any atom is 0.145 e. The second-order valence-corrected chi connectivity index (χ2v) is 7.45. The van der Waals surface area contributed by atoms with Gasteiger partial charge in [0.25, 0.3) is 0 Å². The second kappa shape index (κ2) is 5.91. The molecule has 12 heavy (non-hydrogen) atoms. The minimum atomic E-state index is -0.210. The van der Waals surface area contributed by atoms with Crippen LogP contribution in [0.1, 0.15) is 34.1 Å². The highest BCUT2D eigenvalue weighted by atomic mass is 28.3. The Bertz CT molecular complexity index is 116. The molecule has 0 N–H and O–H groups in total. The van der Waals surface area contributed by atoms with Gasteiger partial charge in [0.2, 0.25) is 0 Å². The van der Waals surface area contributed by atoms with Crippen LogP contribution in [-0.4, -0.2) is 32.0 Å². The topological polar surface area (TPSA) is 18.5 Å². The molecule has 2 nitrogen and oxygen atoms in total. The van der Waals surface area contributed by atoms with Gasteiger partial charge in [-0.3, -0.25) is 0 Å². The smallest absolute Gasteiger partial charge is 0.145 e. The molecule has 0 rings (SSSR count). The van der Waals surface area contributed by atoms with Gasteiger partial charge in [-0.1, -0.05) is 0 Å². The van der Waals surface area contributed by atoms with Crippen molar-refractivity contribution in [2.75, 3.05) is 0 Å². The highest BCUT2D eigenvalue weighted by Crippen LogP contribution is 2.18. The predicted octanol–water partition coefficient (Wildman–Crippen LogP) is 0.379. The number of hydrogen-bond donors (Lipinski definition) is 0. The lowest BCUT2D eigenvalue weighted by atomic mass is 10.1. The monoisotopic (exact) mass is 206 g/mol. The van der Waals surface area contributed by atoms with Gasteiger partial charge in [-0.2, -0.15) is 0 Å². The fraction of sp³-hybridized carbons (Fsp3) is 1.00. The van der Waals surface area contributed by atoms with Crippen molar-refractivity contribution in [2.45, 2.75) is 51.9 Å². The van der Waals surface area contributed by atoms with Crippen molar-refractivity contribution >= 4 is 20.2 Å². The standard InChI is InChI=1S/C8H22O2Si2/c1-7(2)9-8(3,4)5-6-12-10-11/h7H,5-6,12H2,1-4,11H3. The van der Waals surface area contributed by atoms with Crippen LogP contribution in [0.25, 0.3) is 0 Å². The van der Waals surface area contributed by atoms with Crippen LogP contribution in [0.2, 0.25) is 6.04 Å². The number of ether oxygens (including phenoxy) is 1. The Labute approximate surface area is 81.5 Å². The van der Waals surface area contributed by atoms with Crippen LogP contribution in [0, 0.1) is 0 Å². The molecule has 0 bridgehead atoms. The van der Waals surface area contributed by atoms with E-state index in [2.05, 4.69) is 27.7 Å². The summed E-state index contributed by atoms with van der Waals surface area (Å²) in [5.41, 5.74) is 0.0429. The molecule has 0 aromatic carbocycles. The summed E-state index contributed by atoms with van der Waals surface area (Å²) in [6.07, 6.45) is 1.47. The van der Waals surface area contributed by atoms with E-state index in [1.165, 1.54) is 6.04 Å². The van der Waals surface area contributed by atoms with Gasteiger partial charge in [0.15, 0.2) is 0 Å². The quantitative estimate of drug-likeness (QED) is 0.462. The van der Waals surface area contributed by atoms with Gasteiger partial charge in [0.05, 0.1) is 11.7 Å². The fourth-order valence-electron chi connectivity index (χ4n) is 1.34. The summed E-state index contributed by atoms with van der Waals surface area (Å²) in [7, 11) is 0.699. The van der Waals surface area contributed by atoms with E-state index in [1.54, 1.807) is 0 Å². The molecule has 0 aliphatic heterocycles. The average Bonchev–Trinajstić information content (AvgIpc) is 1.84. The van der Waals surface area contributed by atoms with Gasteiger partial charge in [0, 0.05) is 0 Å². The third-order valence-corrected chi connectivity index (χ3v) is 3.96. The Morgan fingerprint density at radius 1 is 1.42 bits per heavy atom. The van der Waals surface area contributed by atoms with Crippen molar-refractivity contribution in [3.63, 3.8) is 0 Å². The first-order valence-corrected chi connectivity index (χ1v) is 7.04. The Balaban J connectivity index is 3.56. The first-order chi connectivity index (χ1) is 5.48. The van der Waals surface area contributed by atoms with Crippen molar-refractivity contribution in [1.82, 2.24) is 0 Å². The molecule has 0 fully saturated rings.